The van der Waals surface area contributed by atoms with Gasteiger partial charge < -0.3 is 0 Å². The smallest absolute Gasteiger partial charge is 0.0435 e. The third-order valence-corrected chi connectivity index (χ3v) is 4.32. The first-order valence-corrected chi connectivity index (χ1v) is 7.88. The SMILES string of the molecule is C=C/C=C(\C=C)C1(C)c2ccccc2-c2ccccc21.CC. The monoisotopic (exact) mass is 288 g/mol. The summed E-state index contributed by atoms with van der Waals surface area (Å²) in [6, 6.07) is 17.3. The van der Waals surface area contributed by atoms with Crippen LogP contribution in [0.1, 0.15) is 31.9 Å². The molecule has 3 rings (SSSR count). The first-order valence-electron chi connectivity index (χ1n) is 7.88. The van der Waals surface area contributed by atoms with Gasteiger partial charge in [0.2, 0.25) is 0 Å². The molecule has 0 saturated heterocycles. The lowest BCUT2D eigenvalue weighted by molar-refractivity contribution is 0.713. The summed E-state index contributed by atoms with van der Waals surface area (Å²) in [4.78, 5) is 0. The van der Waals surface area contributed by atoms with Crippen molar-refractivity contribution in [1.29, 1.82) is 0 Å². The van der Waals surface area contributed by atoms with E-state index < -0.39 is 0 Å². The van der Waals surface area contributed by atoms with Crippen molar-refractivity contribution in [3.63, 3.8) is 0 Å². The highest BCUT2D eigenvalue weighted by molar-refractivity contribution is 5.83. The second-order valence-electron chi connectivity index (χ2n) is 5.28. The minimum Gasteiger partial charge on any atom is -0.0991 e. The van der Waals surface area contributed by atoms with Gasteiger partial charge in [0.15, 0.2) is 0 Å². The molecule has 0 heterocycles. The normalized spacial score (nSPS) is 14.2. The zero-order chi connectivity index (χ0) is 16.2. The Morgan fingerprint density at radius 3 is 1.73 bits per heavy atom. The van der Waals surface area contributed by atoms with Gasteiger partial charge >= 0.3 is 0 Å². The number of hydrogen-bond donors (Lipinski definition) is 0. The molecular weight excluding hydrogens is 264 g/mol. The van der Waals surface area contributed by atoms with E-state index in [-0.39, 0.29) is 5.41 Å². The van der Waals surface area contributed by atoms with Crippen LogP contribution in [0.4, 0.5) is 0 Å². The highest BCUT2D eigenvalue weighted by Gasteiger charge is 2.40. The molecule has 0 amide bonds. The van der Waals surface area contributed by atoms with E-state index in [9.17, 15) is 0 Å². The minimum absolute atomic E-state index is 0.150. The lowest BCUT2D eigenvalue weighted by atomic mass is 9.73. The third kappa shape index (κ3) is 2.25. The molecule has 0 fully saturated rings. The molecule has 1 aliphatic carbocycles. The van der Waals surface area contributed by atoms with E-state index in [1.807, 2.05) is 26.0 Å². The van der Waals surface area contributed by atoms with Crippen molar-refractivity contribution in [2.45, 2.75) is 26.2 Å². The lowest BCUT2D eigenvalue weighted by Crippen LogP contribution is -2.22. The number of benzene rings is 2. The van der Waals surface area contributed by atoms with Crippen LogP contribution >= 0.6 is 0 Å². The fourth-order valence-corrected chi connectivity index (χ4v) is 3.33. The molecule has 0 radical (unpaired) electrons. The summed E-state index contributed by atoms with van der Waals surface area (Å²) >= 11 is 0. The van der Waals surface area contributed by atoms with Crippen LogP contribution in [-0.2, 0) is 5.41 Å². The average molecular weight is 288 g/mol. The zero-order valence-corrected chi connectivity index (χ0v) is 13.8. The molecule has 0 bridgehead atoms. The predicted octanol–water partition coefficient (Wildman–Crippen LogP) is 6.30. The summed E-state index contributed by atoms with van der Waals surface area (Å²) in [5.41, 5.74) is 6.36. The number of allylic oxidation sites excluding steroid dienone is 4. The number of rotatable bonds is 3. The molecule has 2 aromatic carbocycles. The van der Waals surface area contributed by atoms with Gasteiger partial charge in [-0.3, -0.25) is 0 Å². The van der Waals surface area contributed by atoms with Crippen LogP contribution in [0.25, 0.3) is 11.1 Å². The Morgan fingerprint density at radius 2 is 1.32 bits per heavy atom. The molecule has 0 saturated carbocycles. The maximum atomic E-state index is 4.00. The Labute approximate surface area is 134 Å². The highest BCUT2D eigenvalue weighted by atomic mass is 14.4. The molecule has 0 heteroatoms. The quantitative estimate of drug-likeness (QED) is 0.581. The topological polar surface area (TPSA) is 0 Å². The molecular formula is C22H24. The molecule has 1 aliphatic rings. The molecule has 0 N–H and O–H groups in total. The average Bonchev–Trinajstić information content (AvgIpc) is 2.86. The van der Waals surface area contributed by atoms with Crippen LogP contribution in [0, 0.1) is 0 Å². The third-order valence-electron chi connectivity index (χ3n) is 4.32. The summed E-state index contributed by atoms with van der Waals surface area (Å²) in [5.74, 6) is 0. The van der Waals surface area contributed by atoms with Gasteiger partial charge in [-0.15, -0.1) is 0 Å². The Bertz CT molecular complexity index is 671. The van der Waals surface area contributed by atoms with Crippen molar-refractivity contribution in [3.8, 4) is 11.1 Å². The molecule has 112 valence electrons. The Balaban J connectivity index is 0.000000847. The predicted molar refractivity (Wildman–Crippen MR) is 98.2 cm³/mol. The van der Waals surface area contributed by atoms with E-state index in [1.165, 1.54) is 27.8 Å². The minimum atomic E-state index is -0.150. The van der Waals surface area contributed by atoms with Crippen molar-refractivity contribution in [2.24, 2.45) is 0 Å². The van der Waals surface area contributed by atoms with Gasteiger partial charge in [0.25, 0.3) is 0 Å². The zero-order valence-electron chi connectivity index (χ0n) is 13.8. The van der Waals surface area contributed by atoms with Crippen molar-refractivity contribution < 1.29 is 0 Å². The molecule has 0 aromatic heterocycles. The fraction of sp³-hybridized carbons (Fsp3) is 0.182. The van der Waals surface area contributed by atoms with E-state index >= 15 is 0 Å². The van der Waals surface area contributed by atoms with Gasteiger partial charge in [0.1, 0.15) is 0 Å². The maximum Gasteiger partial charge on any atom is 0.0435 e. The molecule has 0 spiro atoms. The van der Waals surface area contributed by atoms with Gasteiger partial charge in [-0.1, -0.05) is 93.8 Å². The van der Waals surface area contributed by atoms with Gasteiger partial charge in [-0.2, -0.15) is 0 Å². The van der Waals surface area contributed by atoms with E-state index in [0.29, 0.717) is 0 Å². The molecule has 0 aliphatic heterocycles. The van der Waals surface area contributed by atoms with E-state index in [4.69, 9.17) is 0 Å². The Hall–Kier alpha value is -2.34. The highest BCUT2D eigenvalue weighted by Crippen LogP contribution is 2.52. The van der Waals surface area contributed by atoms with Crippen molar-refractivity contribution >= 4 is 0 Å². The number of fused-ring (bicyclic) bond motifs is 3. The van der Waals surface area contributed by atoms with Crippen LogP contribution in [0.15, 0.2) is 85.5 Å². The second-order valence-corrected chi connectivity index (χ2v) is 5.28. The van der Waals surface area contributed by atoms with Crippen LogP contribution in [-0.4, -0.2) is 0 Å². The van der Waals surface area contributed by atoms with E-state index in [0.717, 1.165) is 0 Å². The molecule has 0 unspecified atom stereocenters. The molecule has 22 heavy (non-hydrogen) atoms. The van der Waals surface area contributed by atoms with E-state index in [2.05, 4.69) is 74.7 Å². The van der Waals surface area contributed by atoms with Gasteiger partial charge in [0, 0.05) is 5.41 Å². The molecule has 0 nitrogen and oxygen atoms in total. The first-order chi connectivity index (χ1) is 10.7. The molecule has 2 aromatic rings. The summed E-state index contributed by atoms with van der Waals surface area (Å²) in [6.45, 7) is 14.1. The van der Waals surface area contributed by atoms with Crippen LogP contribution in [0.2, 0.25) is 0 Å². The van der Waals surface area contributed by atoms with Crippen LogP contribution in [0.3, 0.4) is 0 Å². The van der Waals surface area contributed by atoms with Gasteiger partial charge in [0.05, 0.1) is 0 Å². The van der Waals surface area contributed by atoms with E-state index in [1.54, 1.807) is 0 Å². The van der Waals surface area contributed by atoms with Crippen molar-refractivity contribution in [2.75, 3.05) is 0 Å². The van der Waals surface area contributed by atoms with Crippen LogP contribution < -0.4 is 0 Å². The standard InChI is InChI=1S/C20H18.C2H6/c1-4-10-15(5-2)20(3)18-13-8-6-11-16(18)17-12-7-9-14-19(17)20;1-2/h4-14H,1-2H2,3H3;1-2H3/b15-10+;. The summed E-state index contributed by atoms with van der Waals surface area (Å²) in [6.07, 6.45) is 5.85. The fourth-order valence-electron chi connectivity index (χ4n) is 3.33. The lowest BCUT2D eigenvalue weighted by Gasteiger charge is -2.29. The van der Waals surface area contributed by atoms with Crippen molar-refractivity contribution in [3.05, 3.63) is 96.6 Å². The number of hydrogen-bond acceptors (Lipinski definition) is 0. The largest absolute Gasteiger partial charge is 0.0991 e. The maximum absolute atomic E-state index is 4.00. The van der Waals surface area contributed by atoms with Gasteiger partial charge in [-0.25, -0.2) is 0 Å². The Morgan fingerprint density at radius 1 is 0.864 bits per heavy atom. The summed E-state index contributed by atoms with van der Waals surface area (Å²) in [5, 5.41) is 0. The Kier molecular flexibility index (Phi) is 4.82. The summed E-state index contributed by atoms with van der Waals surface area (Å²) in [7, 11) is 0. The van der Waals surface area contributed by atoms with Crippen molar-refractivity contribution in [1.82, 2.24) is 0 Å². The first kappa shape index (κ1) is 16.0. The summed E-state index contributed by atoms with van der Waals surface area (Å²) < 4.78 is 0. The second kappa shape index (κ2) is 6.62. The molecule has 0 atom stereocenters. The van der Waals surface area contributed by atoms with Gasteiger partial charge in [-0.05, 0) is 34.8 Å². The van der Waals surface area contributed by atoms with Crippen LogP contribution in [0.5, 0.6) is 0 Å².